The number of unbranched alkanes of at least 4 members (excludes halogenated alkanes) is 2. The molecule has 74 valence electrons. The summed E-state index contributed by atoms with van der Waals surface area (Å²) in [5, 5.41) is 0. The van der Waals surface area contributed by atoms with Crippen LogP contribution in [0.3, 0.4) is 0 Å². The molecule has 0 saturated heterocycles. The quantitative estimate of drug-likeness (QED) is 0.592. The van der Waals surface area contributed by atoms with E-state index in [9.17, 15) is 0 Å². The molecule has 0 radical (unpaired) electrons. The Morgan fingerprint density at radius 3 is 2.50 bits per heavy atom. The van der Waals surface area contributed by atoms with E-state index in [1.54, 1.807) is 0 Å². The molecule has 0 aliphatic heterocycles. The van der Waals surface area contributed by atoms with Gasteiger partial charge in [0.25, 0.3) is 0 Å². The lowest BCUT2D eigenvalue weighted by Crippen LogP contribution is -2.29. The third kappa shape index (κ3) is 6.62. The van der Waals surface area contributed by atoms with Crippen molar-refractivity contribution in [3.8, 4) is 0 Å². The Hall–Kier alpha value is -0.0800. The smallest absolute Gasteiger partial charge is 0.00160 e. The van der Waals surface area contributed by atoms with Crippen LogP contribution in [0.25, 0.3) is 0 Å². The minimum atomic E-state index is 0.636. The molecule has 12 heavy (non-hydrogen) atoms. The fourth-order valence-corrected chi connectivity index (χ4v) is 1.33. The lowest BCUT2D eigenvalue weighted by atomic mass is 10.1. The van der Waals surface area contributed by atoms with E-state index in [0.29, 0.717) is 5.92 Å². The van der Waals surface area contributed by atoms with Crippen LogP contribution in [0.5, 0.6) is 0 Å². The van der Waals surface area contributed by atoms with Crippen LogP contribution < -0.4 is 5.73 Å². The van der Waals surface area contributed by atoms with E-state index in [4.69, 9.17) is 5.73 Å². The molecule has 0 amide bonds. The van der Waals surface area contributed by atoms with Crippen LogP contribution in [0.15, 0.2) is 0 Å². The van der Waals surface area contributed by atoms with Crippen molar-refractivity contribution >= 4 is 0 Å². The van der Waals surface area contributed by atoms with E-state index in [0.717, 1.165) is 13.1 Å². The molecule has 0 aliphatic rings. The Kier molecular flexibility index (Phi) is 7.51. The highest BCUT2D eigenvalue weighted by atomic mass is 15.1. The van der Waals surface area contributed by atoms with Crippen LogP contribution in [0.4, 0.5) is 0 Å². The maximum Gasteiger partial charge on any atom is 0.00160 e. The Balaban J connectivity index is 3.26. The van der Waals surface area contributed by atoms with E-state index >= 15 is 0 Å². The monoisotopic (exact) mass is 172 g/mol. The van der Waals surface area contributed by atoms with Crippen LogP contribution >= 0.6 is 0 Å². The van der Waals surface area contributed by atoms with E-state index in [1.165, 1.54) is 25.8 Å². The largest absolute Gasteiger partial charge is 0.330 e. The fourth-order valence-electron chi connectivity index (χ4n) is 1.33. The molecular formula is C10H24N2. The van der Waals surface area contributed by atoms with Crippen molar-refractivity contribution in [1.82, 2.24) is 4.90 Å². The predicted octanol–water partition coefficient (Wildman–Crippen LogP) is 1.70. The summed E-state index contributed by atoms with van der Waals surface area (Å²) in [6, 6.07) is 0. The van der Waals surface area contributed by atoms with Crippen LogP contribution in [0, 0.1) is 5.92 Å². The van der Waals surface area contributed by atoms with Crippen molar-refractivity contribution in [3.05, 3.63) is 0 Å². The summed E-state index contributed by atoms with van der Waals surface area (Å²) in [6.45, 7) is 7.61. The lowest BCUT2D eigenvalue weighted by molar-refractivity contribution is 0.283. The Labute approximate surface area is 77.1 Å². The van der Waals surface area contributed by atoms with E-state index < -0.39 is 0 Å². The highest BCUT2D eigenvalue weighted by Gasteiger charge is 2.03. The summed E-state index contributed by atoms with van der Waals surface area (Å²) in [7, 11) is 2.18. The predicted molar refractivity (Wildman–Crippen MR) is 55.2 cm³/mol. The van der Waals surface area contributed by atoms with Crippen molar-refractivity contribution in [1.29, 1.82) is 0 Å². The van der Waals surface area contributed by atoms with Gasteiger partial charge >= 0.3 is 0 Å². The van der Waals surface area contributed by atoms with Gasteiger partial charge in [-0.25, -0.2) is 0 Å². The molecule has 2 nitrogen and oxygen atoms in total. The molecule has 0 saturated carbocycles. The average molecular weight is 172 g/mol. The summed E-state index contributed by atoms with van der Waals surface area (Å²) in [4.78, 5) is 2.38. The average Bonchev–Trinajstić information content (AvgIpc) is 2.05. The Morgan fingerprint density at radius 2 is 2.00 bits per heavy atom. The maximum atomic E-state index is 5.55. The number of nitrogens with zero attached hydrogens (tertiary/aromatic N) is 1. The van der Waals surface area contributed by atoms with Crippen LogP contribution in [-0.2, 0) is 0 Å². The molecular weight excluding hydrogens is 148 g/mol. The van der Waals surface area contributed by atoms with Crippen LogP contribution in [0.2, 0.25) is 0 Å². The molecule has 1 atom stereocenters. The van der Waals surface area contributed by atoms with Crippen molar-refractivity contribution in [3.63, 3.8) is 0 Å². The highest BCUT2D eigenvalue weighted by molar-refractivity contribution is 4.59. The van der Waals surface area contributed by atoms with Gasteiger partial charge in [-0.3, -0.25) is 0 Å². The van der Waals surface area contributed by atoms with E-state index in [-0.39, 0.29) is 0 Å². The summed E-state index contributed by atoms with van der Waals surface area (Å²) < 4.78 is 0. The first-order chi connectivity index (χ1) is 5.70. The highest BCUT2D eigenvalue weighted by Crippen LogP contribution is 1.99. The van der Waals surface area contributed by atoms with Crippen molar-refractivity contribution in [2.45, 2.75) is 33.1 Å². The van der Waals surface area contributed by atoms with E-state index in [1.807, 2.05) is 0 Å². The van der Waals surface area contributed by atoms with Gasteiger partial charge in [0.15, 0.2) is 0 Å². The molecule has 0 aromatic carbocycles. The van der Waals surface area contributed by atoms with Crippen LogP contribution in [-0.4, -0.2) is 31.6 Å². The molecule has 0 fully saturated rings. The van der Waals surface area contributed by atoms with Gasteiger partial charge in [0, 0.05) is 6.54 Å². The molecule has 0 aromatic heterocycles. The second-order valence-corrected chi connectivity index (χ2v) is 3.81. The molecule has 1 unspecified atom stereocenters. The van der Waals surface area contributed by atoms with Crippen molar-refractivity contribution in [2.75, 3.05) is 26.7 Å². The fraction of sp³-hybridized carbons (Fsp3) is 1.00. The minimum absolute atomic E-state index is 0.636. The number of hydrogen-bond acceptors (Lipinski definition) is 2. The Morgan fingerprint density at radius 1 is 1.33 bits per heavy atom. The van der Waals surface area contributed by atoms with Gasteiger partial charge in [-0.2, -0.15) is 0 Å². The number of hydrogen-bond donors (Lipinski definition) is 1. The zero-order valence-corrected chi connectivity index (χ0v) is 8.84. The topological polar surface area (TPSA) is 29.3 Å². The van der Waals surface area contributed by atoms with Crippen LogP contribution in [0.1, 0.15) is 33.1 Å². The second-order valence-electron chi connectivity index (χ2n) is 3.81. The minimum Gasteiger partial charge on any atom is -0.330 e. The zero-order chi connectivity index (χ0) is 9.40. The molecule has 0 heterocycles. The first-order valence-corrected chi connectivity index (χ1v) is 5.09. The second kappa shape index (κ2) is 7.56. The van der Waals surface area contributed by atoms with Crippen molar-refractivity contribution < 1.29 is 0 Å². The summed E-state index contributed by atoms with van der Waals surface area (Å²) in [5.41, 5.74) is 5.55. The summed E-state index contributed by atoms with van der Waals surface area (Å²) in [6.07, 6.45) is 3.98. The SMILES string of the molecule is CCCCCN(C)CC(C)CN. The van der Waals surface area contributed by atoms with Gasteiger partial charge in [0.05, 0.1) is 0 Å². The third-order valence-corrected chi connectivity index (χ3v) is 2.17. The maximum absolute atomic E-state index is 5.55. The zero-order valence-electron chi connectivity index (χ0n) is 8.84. The van der Waals surface area contributed by atoms with Crippen molar-refractivity contribution in [2.24, 2.45) is 11.7 Å². The van der Waals surface area contributed by atoms with Gasteiger partial charge in [-0.15, -0.1) is 0 Å². The van der Waals surface area contributed by atoms with Gasteiger partial charge in [0.1, 0.15) is 0 Å². The molecule has 0 rings (SSSR count). The molecule has 0 spiro atoms. The third-order valence-electron chi connectivity index (χ3n) is 2.17. The molecule has 0 bridgehead atoms. The van der Waals surface area contributed by atoms with Gasteiger partial charge in [0.2, 0.25) is 0 Å². The summed E-state index contributed by atoms with van der Waals surface area (Å²) in [5.74, 6) is 0.636. The molecule has 0 aliphatic carbocycles. The lowest BCUT2D eigenvalue weighted by Gasteiger charge is -2.19. The van der Waals surface area contributed by atoms with Gasteiger partial charge in [-0.1, -0.05) is 26.7 Å². The molecule has 0 aromatic rings. The first kappa shape index (κ1) is 11.9. The van der Waals surface area contributed by atoms with E-state index in [2.05, 4.69) is 25.8 Å². The standard InChI is InChI=1S/C10H24N2/c1-4-5-6-7-12(3)9-10(2)8-11/h10H,4-9,11H2,1-3H3. The van der Waals surface area contributed by atoms with Gasteiger partial charge < -0.3 is 10.6 Å². The molecule has 2 heteroatoms. The van der Waals surface area contributed by atoms with Gasteiger partial charge in [-0.05, 0) is 32.5 Å². The number of rotatable bonds is 7. The number of nitrogens with two attached hydrogens (primary N) is 1. The Bertz CT molecular complexity index is 93.8. The summed E-state index contributed by atoms with van der Waals surface area (Å²) >= 11 is 0. The molecule has 2 N–H and O–H groups in total. The first-order valence-electron chi connectivity index (χ1n) is 5.09. The normalized spacial score (nSPS) is 13.8.